The fourth-order valence-electron chi connectivity index (χ4n) is 4.39. The average Bonchev–Trinajstić information content (AvgIpc) is 2.91. The Labute approximate surface area is 225 Å². The van der Waals surface area contributed by atoms with Crippen LogP contribution in [-0.2, 0) is 4.74 Å². The van der Waals surface area contributed by atoms with Gasteiger partial charge in [0.15, 0.2) is 11.7 Å². The number of aliphatic hydroxyl groups is 1. The van der Waals surface area contributed by atoms with E-state index in [9.17, 15) is 34.9 Å². The summed E-state index contributed by atoms with van der Waals surface area (Å²) in [5, 5.41) is 32.4. The molecule has 0 aliphatic carbocycles. The normalized spacial score (nSPS) is 11.6. The minimum Gasteiger partial charge on any atom is -0.463 e. The molecule has 0 bridgehead atoms. The van der Waals surface area contributed by atoms with E-state index in [4.69, 9.17) is 14.9 Å². The number of anilines is 1. The lowest BCUT2D eigenvalue weighted by atomic mass is 9.95. The number of carbonyl (C=O) groups is 1. The van der Waals surface area contributed by atoms with Crippen molar-refractivity contribution in [3.05, 3.63) is 101 Å². The summed E-state index contributed by atoms with van der Waals surface area (Å²) in [6.45, 7) is 4.97. The van der Waals surface area contributed by atoms with Crippen LogP contribution in [0.1, 0.15) is 45.8 Å². The fourth-order valence-corrected chi connectivity index (χ4v) is 4.39. The van der Waals surface area contributed by atoms with Crippen LogP contribution in [0.5, 0.6) is 0 Å². The van der Waals surface area contributed by atoms with E-state index in [1.165, 1.54) is 25.1 Å². The summed E-state index contributed by atoms with van der Waals surface area (Å²) in [6, 6.07) is 10.1. The Balaban J connectivity index is 1.93. The summed E-state index contributed by atoms with van der Waals surface area (Å²) < 4.78 is 11.2. The Morgan fingerprint density at radius 1 is 1.30 bits per heavy atom. The number of nitro benzene ring substituents is 1. The van der Waals surface area contributed by atoms with E-state index >= 15 is 0 Å². The summed E-state index contributed by atoms with van der Waals surface area (Å²) >= 11 is 0. The number of esters is 1. The number of nitrogens with one attached hydrogen (secondary N) is 1. The van der Waals surface area contributed by atoms with Gasteiger partial charge < -0.3 is 20.0 Å². The standard InChI is InChI=1S/C27H23N5O8/c1-4-39-27(36)21-20(15-6-5-7-16(10-15)32(37)38)18(11-28)26(35)31(24(21)29)30-25(34)19-12-40-23-14(3)8-13(2)9-17(23)22(19)33/h5-10,12,25,30,34H,4,29H2,1-3H3. The predicted octanol–water partition coefficient (Wildman–Crippen LogP) is 3.01. The van der Waals surface area contributed by atoms with E-state index in [0.29, 0.717) is 15.8 Å². The summed E-state index contributed by atoms with van der Waals surface area (Å²) in [6.07, 6.45) is -0.840. The van der Waals surface area contributed by atoms with Gasteiger partial charge in [0, 0.05) is 17.7 Å². The van der Waals surface area contributed by atoms with Gasteiger partial charge in [-0.1, -0.05) is 18.2 Å². The number of aromatic nitrogens is 1. The molecule has 2 aromatic carbocycles. The van der Waals surface area contributed by atoms with E-state index in [2.05, 4.69) is 5.43 Å². The van der Waals surface area contributed by atoms with Gasteiger partial charge in [0.2, 0.25) is 0 Å². The number of hydrogen-bond acceptors (Lipinski definition) is 11. The Kier molecular flexibility index (Phi) is 7.38. The van der Waals surface area contributed by atoms with E-state index in [-0.39, 0.29) is 34.4 Å². The molecule has 2 aromatic heterocycles. The molecule has 13 nitrogen and oxygen atoms in total. The SMILES string of the molecule is CCOC(=O)c1c(-c2cccc([N+](=O)[O-])c2)c(C#N)c(=O)n(NC(O)c2coc3c(C)cc(C)cc3c2=O)c1N. The van der Waals surface area contributed by atoms with Crippen molar-refractivity contribution in [3.63, 3.8) is 0 Å². The van der Waals surface area contributed by atoms with Gasteiger partial charge in [-0.15, -0.1) is 0 Å². The molecule has 0 amide bonds. The third-order valence-electron chi connectivity index (χ3n) is 6.13. The summed E-state index contributed by atoms with van der Waals surface area (Å²) in [5.41, 5.74) is 6.71. The third kappa shape index (κ3) is 4.74. The molecule has 2 heterocycles. The van der Waals surface area contributed by atoms with Crippen molar-refractivity contribution in [1.82, 2.24) is 4.68 Å². The van der Waals surface area contributed by atoms with Gasteiger partial charge >= 0.3 is 5.97 Å². The number of ether oxygens (including phenoxy) is 1. The molecule has 0 saturated heterocycles. The fraction of sp³-hybridized carbons (Fsp3) is 0.185. The van der Waals surface area contributed by atoms with Crippen LogP contribution < -0.4 is 22.1 Å². The van der Waals surface area contributed by atoms with Gasteiger partial charge in [0.25, 0.3) is 11.2 Å². The Morgan fingerprint density at radius 2 is 2.02 bits per heavy atom. The summed E-state index contributed by atoms with van der Waals surface area (Å²) in [4.78, 5) is 50.3. The zero-order chi connectivity index (χ0) is 29.3. The number of nitrogens with zero attached hydrogens (tertiary/aromatic N) is 3. The van der Waals surface area contributed by atoms with Gasteiger partial charge in [0.1, 0.15) is 34.9 Å². The first-order chi connectivity index (χ1) is 19.0. The highest BCUT2D eigenvalue weighted by Crippen LogP contribution is 2.32. The molecule has 204 valence electrons. The molecule has 40 heavy (non-hydrogen) atoms. The van der Waals surface area contributed by atoms with Crippen molar-refractivity contribution < 1.29 is 24.0 Å². The first kappa shape index (κ1) is 27.6. The molecule has 0 radical (unpaired) electrons. The molecule has 4 aromatic rings. The number of pyridine rings is 1. The number of benzene rings is 2. The minimum atomic E-state index is -1.87. The second-order valence-corrected chi connectivity index (χ2v) is 8.80. The first-order valence-corrected chi connectivity index (χ1v) is 11.9. The zero-order valence-electron chi connectivity index (χ0n) is 21.5. The van der Waals surface area contributed by atoms with Gasteiger partial charge in [-0.05, 0) is 43.5 Å². The number of nitro groups is 1. The maximum absolute atomic E-state index is 13.4. The minimum absolute atomic E-state index is 0.00813. The number of hydrogen-bond donors (Lipinski definition) is 3. The highest BCUT2D eigenvalue weighted by molar-refractivity contribution is 6.03. The predicted molar refractivity (Wildman–Crippen MR) is 144 cm³/mol. The lowest BCUT2D eigenvalue weighted by Crippen LogP contribution is -2.38. The van der Waals surface area contributed by atoms with Crippen LogP contribution in [-0.4, -0.2) is 27.3 Å². The maximum Gasteiger partial charge on any atom is 0.342 e. The highest BCUT2D eigenvalue weighted by atomic mass is 16.6. The quantitative estimate of drug-likeness (QED) is 0.133. The Bertz CT molecular complexity index is 1850. The van der Waals surface area contributed by atoms with Crippen molar-refractivity contribution >= 4 is 28.4 Å². The number of carbonyl (C=O) groups excluding carboxylic acids is 1. The number of aliphatic hydroxyl groups excluding tert-OH is 1. The van der Waals surface area contributed by atoms with Crippen LogP contribution in [0, 0.1) is 35.3 Å². The molecule has 0 saturated carbocycles. The van der Waals surface area contributed by atoms with Crippen molar-refractivity contribution in [3.8, 4) is 17.2 Å². The monoisotopic (exact) mass is 545 g/mol. The number of rotatable bonds is 7. The van der Waals surface area contributed by atoms with Crippen LogP contribution >= 0.6 is 0 Å². The lowest BCUT2D eigenvalue weighted by Gasteiger charge is -2.21. The molecule has 4 N–H and O–H groups in total. The number of aryl methyl sites for hydroxylation is 2. The summed E-state index contributed by atoms with van der Waals surface area (Å²) in [7, 11) is 0. The van der Waals surface area contributed by atoms with Crippen molar-refractivity contribution in [1.29, 1.82) is 5.26 Å². The van der Waals surface area contributed by atoms with Crippen molar-refractivity contribution in [2.45, 2.75) is 27.0 Å². The van der Waals surface area contributed by atoms with E-state index in [0.717, 1.165) is 17.9 Å². The van der Waals surface area contributed by atoms with E-state index in [1.54, 1.807) is 26.0 Å². The number of nitriles is 1. The topological polar surface area (TPSA) is 204 Å². The number of non-ortho nitro benzene ring substituents is 1. The van der Waals surface area contributed by atoms with Crippen molar-refractivity contribution in [2.24, 2.45) is 0 Å². The molecule has 0 fully saturated rings. The second kappa shape index (κ2) is 10.7. The van der Waals surface area contributed by atoms with Crippen LogP contribution in [0.2, 0.25) is 0 Å². The molecule has 0 aliphatic heterocycles. The first-order valence-electron chi connectivity index (χ1n) is 11.9. The molecular formula is C27H23N5O8. The number of fused-ring (bicyclic) bond motifs is 1. The number of nitrogen functional groups attached to an aromatic ring is 1. The molecule has 0 aliphatic rings. The smallest absolute Gasteiger partial charge is 0.342 e. The third-order valence-corrected chi connectivity index (χ3v) is 6.13. The number of nitrogens with two attached hydrogens (primary N) is 1. The Hall–Kier alpha value is -5.48. The van der Waals surface area contributed by atoms with Crippen LogP contribution in [0.4, 0.5) is 11.5 Å². The van der Waals surface area contributed by atoms with Crippen molar-refractivity contribution in [2.75, 3.05) is 17.8 Å². The maximum atomic E-state index is 13.4. The molecule has 13 heteroatoms. The molecule has 1 atom stereocenters. The van der Waals surface area contributed by atoms with Gasteiger partial charge in [-0.25, -0.2) is 9.47 Å². The molecule has 4 rings (SSSR count). The lowest BCUT2D eigenvalue weighted by molar-refractivity contribution is -0.384. The highest BCUT2D eigenvalue weighted by Gasteiger charge is 2.29. The van der Waals surface area contributed by atoms with E-state index < -0.39 is 45.1 Å². The van der Waals surface area contributed by atoms with Gasteiger partial charge in [0.05, 0.1) is 22.5 Å². The van der Waals surface area contributed by atoms with Crippen LogP contribution in [0.3, 0.4) is 0 Å². The molecule has 1 unspecified atom stereocenters. The zero-order valence-corrected chi connectivity index (χ0v) is 21.5. The van der Waals surface area contributed by atoms with E-state index in [1.807, 2.05) is 6.07 Å². The molecular weight excluding hydrogens is 522 g/mol. The van der Waals surface area contributed by atoms with Crippen LogP contribution in [0.25, 0.3) is 22.1 Å². The average molecular weight is 546 g/mol. The largest absolute Gasteiger partial charge is 0.463 e. The molecule has 0 spiro atoms. The van der Waals surface area contributed by atoms with Crippen LogP contribution in [0.15, 0.2) is 56.7 Å². The Morgan fingerprint density at radius 3 is 2.67 bits per heavy atom. The second-order valence-electron chi connectivity index (χ2n) is 8.80. The van der Waals surface area contributed by atoms with Gasteiger partial charge in [-0.3, -0.25) is 25.1 Å². The van der Waals surface area contributed by atoms with Gasteiger partial charge in [-0.2, -0.15) is 5.26 Å². The summed E-state index contributed by atoms with van der Waals surface area (Å²) in [5.74, 6) is -1.60.